The highest BCUT2D eigenvalue weighted by Crippen LogP contribution is 2.41. The summed E-state index contributed by atoms with van der Waals surface area (Å²) in [6, 6.07) is 0. The van der Waals surface area contributed by atoms with Crippen molar-refractivity contribution in [1.29, 1.82) is 0 Å². The van der Waals surface area contributed by atoms with Crippen molar-refractivity contribution in [3.63, 3.8) is 0 Å². The smallest absolute Gasteiger partial charge is 0.333 e. The van der Waals surface area contributed by atoms with Crippen LogP contribution in [0.2, 0.25) is 0 Å². The van der Waals surface area contributed by atoms with Crippen LogP contribution in [0.25, 0.3) is 0 Å². The lowest BCUT2D eigenvalue weighted by Crippen LogP contribution is -2.35. The summed E-state index contributed by atoms with van der Waals surface area (Å²) < 4.78 is 22.9. The van der Waals surface area contributed by atoms with Crippen LogP contribution < -0.4 is 21.3 Å². The van der Waals surface area contributed by atoms with E-state index in [4.69, 9.17) is 28.6 Å². The average Bonchev–Trinajstić information content (AvgIpc) is 1.96. The highest BCUT2D eigenvalue weighted by atomic mass is 16.7. The number of imide groups is 4. The number of nitrogens with one attached hydrogen (secondary N) is 4. The summed E-state index contributed by atoms with van der Waals surface area (Å²) in [5, 5.41) is 49.9. The Hall–Kier alpha value is -7.46. The third-order valence-electron chi connectivity index (χ3n) is 16.6. The van der Waals surface area contributed by atoms with Crippen molar-refractivity contribution in [1.82, 2.24) is 41.2 Å². The Labute approximate surface area is 571 Å². The minimum atomic E-state index is -0.750. The third kappa shape index (κ3) is 35.4. The van der Waals surface area contributed by atoms with E-state index >= 15 is 0 Å². The van der Waals surface area contributed by atoms with E-state index in [2.05, 4.69) is 21.3 Å². The molecule has 12 amide bonds. The Morgan fingerprint density at radius 1 is 0.337 bits per heavy atom. The quantitative estimate of drug-likeness (QED) is 0.0309. The van der Waals surface area contributed by atoms with Crippen molar-refractivity contribution in [2.75, 3.05) is 119 Å². The fraction of sp³-hybridized carbons (Fsp3) is 0.727. The summed E-state index contributed by atoms with van der Waals surface area (Å²) in [6.45, 7) is 4.72. The van der Waals surface area contributed by atoms with E-state index in [1.165, 1.54) is 24.3 Å². The Bertz CT molecular complexity index is 2400. The van der Waals surface area contributed by atoms with Gasteiger partial charge < -0.3 is 70.3 Å². The van der Waals surface area contributed by atoms with Gasteiger partial charge in [0.2, 0.25) is 23.6 Å². The van der Waals surface area contributed by atoms with Gasteiger partial charge in [-0.05, 0) is 126 Å². The lowest BCUT2D eigenvalue weighted by Gasteiger charge is -2.34. The van der Waals surface area contributed by atoms with Crippen LogP contribution in [-0.4, -0.2) is 242 Å². The lowest BCUT2D eigenvalue weighted by molar-refractivity contribution is -0.197. The molecule has 0 atom stereocenters. The first-order chi connectivity index (χ1) is 47.2. The van der Waals surface area contributed by atoms with Crippen molar-refractivity contribution in [3.05, 3.63) is 24.3 Å². The molecule has 8 N–H and O–H groups in total. The van der Waals surface area contributed by atoms with E-state index in [1.54, 1.807) is 0 Å². The predicted molar refractivity (Wildman–Crippen MR) is 345 cm³/mol. The molecule has 4 aliphatic rings. The normalized spacial score (nSPS) is 14.7. The molecule has 2 saturated heterocycles. The van der Waals surface area contributed by atoms with Gasteiger partial charge in [0.15, 0.2) is 0 Å². The van der Waals surface area contributed by atoms with Gasteiger partial charge in [-0.25, -0.2) is 9.59 Å². The molecule has 4 aliphatic heterocycles. The number of aliphatic hydroxyl groups is 4. The summed E-state index contributed by atoms with van der Waals surface area (Å²) in [5.41, 5.74) is -0.202. The molecule has 98 heavy (non-hydrogen) atoms. The average molecular weight is 1390 g/mol. The lowest BCUT2D eigenvalue weighted by atomic mass is 9.72. The van der Waals surface area contributed by atoms with Crippen molar-refractivity contribution in [2.45, 2.75) is 180 Å². The first-order valence-corrected chi connectivity index (χ1v) is 34.2. The maximum atomic E-state index is 12.1. The third-order valence-corrected chi connectivity index (χ3v) is 16.6. The van der Waals surface area contributed by atoms with E-state index in [1.807, 2.05) is 0 Å². The molecule has 0 aliphatic carbocycles. The molecule has 4 rings (SSSR count). The van der Waals surface area contributed by atoms with Crippen molar-refractivity contribution in [2.24, 2.45) is 10.8 Å². The maximum Gasteiger partial charge on any atom is 0.333 e. The number of nitrogens with zero attached hydrogens (tertiary/aromatic N) is 4. The minimum absolute atomic E-state index is 0.0124. The molecule has 0 aromatic carbocycles. The van der Waals surface area contributed by atoms with Crippen LogP contribution in [0, 0.1) is 10.8 Å². The van der Waals surface area contributed by atoms with E-state index in [0.717, 1.165) is 86.8 Å². The van der Waals surface area contributed by atoms with Gasteiger partial charge in [-0.15, -0.1) is 10.1 Å². The van der Waals surface area contributed by atoms with Gasteiger partial charge >= 0.3 is 11.9 Å². The van der Waals surface area contributed by atoms with Crippen molar-refractivity contribution in [3.8, 4) is 0 Å². The van der Waals surface area contributed by atoms with Crippen LogP contribution in [0.1, 0.15) is 180 Å². The maximum absolute atomic E-state index is 12.1. The van der Waals surface area contributed by atoms with Gasteiger partial charge in [0.1, 0.15) is 0 Å². The molecule has 32 heteroatoms. The highest BCUT2D eigenvalue weighted by molar-refractivity contribution is 6.13. The largest absolute Gasteiger partial charge is 0.396 e. The second kappa shape index (κ2) is 50.0. The Balaban J connectivity index is 0.000000517. The van der Waals surface area contributed by atoms with Crippen molar-refractivity contribution < 1.29 is 116 Å². The highest BCUT2D eigenvalue weighted by Gasteiger charge is 2.35. The molecule has 0 saturated carbocycles. The predicted octanol–water partition coefficient (Wildman–Crippen LogP) is 0.873. The number of hydrogen-bond donors (Lipinski definition) is 8. The van der Waals surface area contributed by atoms with E-state index in [0.29, 0.717) is 102 Å². The van der Waals surface area contributed by atoms with E-state index in [-0.39, 0.29) is 164 Å². The second-order valence-corrected chi connectivity index (χ2v) is 24.2. The van der Waals surface area contributed by atoms with Gasteiger partial charge in [-0.1, -0.05) is 0 Å². The van der Waals surface area contributed by atoms with E-state index < -0.39 is 59.2 Å². The SMILES string of the molecule is O=C(CCCC(=O)ON1C(=O)CCC1=O)NCCOCCCC(CCCO)(CCCO)CCCOCCNC(=O)CCCC(=O)ON1C(=O)CCC1=O.O=C(CCN1C(=O)C=CC1=O)NCCOCCCC(CCCO)(CCCO)CCCOCCNC(=O)CCN1C(=O)C=CC1=O. The molecule has 0 aromatic heterocycles. The number of carbonyl (C=O) groups excluding carboxylic acids is 14. The van der Waals surface area contributed by atoms with Crippen molar-refractivity contribution >= 4 is 82.8 Å². The van der Waals surface area contributed by atoms with Crippen LogP contribution >= 0.6 is 0 Å². The number of amides is 12. The Kier molecular flexibility index (Phi) is 43.2. The van der Waals surface area contributed by atoms with Crippen LogP contribution in [0.5, 0.6) is 0 Å². The molecule has 0 spiro atoms. The van der Waals surface area contributed by atoms with Gasteiger partial charge in [-0.3, -0.25) is 67.3 Å². The second-order valence-electron chi connectivity index (χ2n) is 24.2. The fourth-order valence-corrected chi connectivity index (χ4v) is 11.5. The van der Waals surface area contributed by atoms with Crippen LogP contribution in [0.3, 0.4) is 0 Å². The monoisotopic (exact) mass is 1390 g/mol. The van der Waals surface area contributed by atoms with Crippen LogP contribution in [0.15, 0.2) is 24.3 Å². The van der Waals surface area contributed by atoms with E-state index in [9.17, 15) is 87.5 Å². The Morgan fingerprint density at radius 2 is 0.582 bits per heavy atom. The van der Waals surface area contributed by atoms with Gasteiger partial charge in [0.05, 0.1) is 26.4 Å². The molecule has 0 aromatic rings. The fourth-order valence-electron chi connectivity index (χ4n) is 11.5. The molecular weight excluding hydrogens is 1290 g/mol. The standard InChI is InChI=1S/C35H56N4O14.C31H48N4O10/c40-21-3-15-35(16-4-22-41,17-5-23-50-25-19-36-27(42)7-1-9-33(48)52-38-29(44)11-12-30(38)45)18-6-24-51-26-20-37-28(43)8-2-10-34(49)53-39-31(46)13-14-32(39)47;36-19-1-11-31(12-2-20-37,13-3-21-44-23-15-32-25(38)9-17-34-27(40)5-6-28(34)41)14-4-22-45-24-16-33-26(39)10-18-35-29(42)7-8-30(35)43/h40-41H,1-26H2,(H,36,42)(H,37,43);5-8,36-37H,1-4,9-24H2,(H,32,38)(H,33,39). The zero-order valence-electron chi connectivity index (χ0n) is 56.6. The van der Waals surface area contributed by atoms with Crippen LogP contribution in [0.4, 0.5) is 0 Å². The topological polar surface area (TPSA) is 436 Å². The summed E-state index contributed by atoms with van der Waals surface area (Å²) in [5.74, 6) is -6.45. The summed E-state index contributed by atoms with van der Waals surface area (Å²) >= 11 is 0. The molecule has 4 heterocycles. The number of carbonyl (C=O) groups is 14. The number of aliphatic hydroxyl groups excluding tert-OH is 4. The number of hydroxylamine groups is 4. The van der Waals surface area contributed by atoms with Gasteiger partial charge in [-0.2, -0.15) is 0 Å². The van der Waals surface area contributed by atoms with Crippen LogP contribution in [-0.2, 0) is 95.7 Å². The summed E-state index contributed by atoms with van der Waals surface area (Å²) in [7, 11) is 0. The minimum Gasteiger partial charge on any atom is -0.396 e. The zero-order chi connectivity index (χ0) is 71.8. The summed E-state index contributed by atoms with van der Waals surface area (Å²) in [4.78, 5) is 176. The number of ether oxygens (including phenoxy) is 4. The molecule has 552 valence electrons. The number of hydrogen-bond acceptors (Lipinski definition) is 24. The number of rotatable bonds is 56. The van der Waals surface area contributed by atoms with Gasteiger partial charge in [0.25, 0.3) is 47.3 Å². The Morgan fingerprint density at radius 3 is 0.837 bits per heavy atom. The molecule has 2 fully saturated rings. The molecule has 32 nitrogen and oxygen atoms in total. The van der Waals surface area contributed by atoms with Gasteiger partial charge in [0, 0.05) is 181 Å². The molecular formula is C66H104N8O24. The first kappa shape index (κ1) is 84.8. The zero-order valence-corrected chi connectivity index (χ0v) is 56.6. The molecule has 0 unspecified atom stereocenters. The first-order valence-electron chi connectivity index (χ1n) is 34.2. The molecule has 0 bridgehead atoms. The molecule has 0 radical (unpaired) electrons. The summed E-state index contributed by atoms with van der Waals surface area (Å²) in [6.07, 6.45) is 17.3.